The molecule has 1 N–H and O–H groups in total. The van der Waals surface area contributed by atoms with Crippen LogP contribution in [-0.4, -0.2) is 30.6 Å². The number of hydrogen-bond acceptors (Lipinski definition) is 3. The number of carbonyl (C=O) groups excluding carboxylic acids is 1. The summed E-state index contributed by atoms with van der Waals surface area (Å²) in [6.07, 6.45) is 6.38. The third-order valence-corrected chi connectivity index (χ3v) is 3.81. The molecule has 3 heteroatoms. The highest BCUT2D eigenvalue weighted by atomic mass is 16.5. The minimum Gasteiger partial charge on any atom is -0.371 e. The quantitative estimate of drug-likeness (QED) is 0.794. The van der Waals surface area contributed by atoms with Crippen molar-refractivity contribution in [1.29, 1.82) is 0 Å². The summed E-state index contributed by atoms with van der Waals surface area (Å²) in [6.45, 7) is 4.21. The smallest absolute Gasteiger partial charge is 0.175 e. The van der Waals surface area contributed by atoms with Gasteiger partial charge in [-0.1, -0.05) is 12.8 Å². The number of carbonyl (C=O) groups is 1. The third kappa shape index (κ3) is 2.83. The lowest BCUT2D eigenvalue weighted by Gasteiger charge is -2.24. The van der Waals surface area contributed by atoms with E-state index in [-0.39, 0.29) is 24.5 Å². The predicted molar refractivity (Wildman–Crippen MR) is 63.4 cm³/mol. The molecule has 1 saturated heterocycles. The lowest BCUT2D eigenvalue weighted by molar-refractivity contribution is -0.126. The van der Waals surface area contributed by atoms with Crippen molar-refractivity contribution < 1.29 is 9.53 Å². The maximum atomic E-state index is 11.9. The first-order valence-electron chi connectivity index (χ1n) is 6.57. The first-order chi connectivity index (χ1) is 7.66. The molecule has 0 aromatic rings. The predicted octanol–water partition coefficient (Wildman–Crippen LogP) is 1.90. The van der Waals surface area contributed by atoms with Gasteiger partial charge in [-0.15, -0.1) is 0 Å². The van der Waals surface area contributed by atoms with E-state index in [1.165, 1.54) is 25.7 Å². The molecule has 3 atom stereocenters. The number of fused-ring (bicyclic) bond motifs is 1. The van der Waals surface area contributed by atoms with Gasteiger partial charge in [-0.2, -0.15) is 0 Å². The molecule has 3 unspecified atom stereocenters. The van der Waals surface area contributed by atoms with Crippen LogP contribution < -0.4 is 5.32 Å². The Labute approximate surface area is 97.9 Å². The summed E-state index contributed by atoms with van der Waals surface area (Å²) >= 11 is 0. The van der Waals surface area contributed by atoms with Crippen LogP contribution in [-0.2, 0) is 9.53 Å². The first kappa shape index (κ1) is 12.1. The molecule has 0 radical (unpaired) electrons. The number of nitrogens with one attached hydrogen (secondary N) is 1. The van der Waals surface area contributed by atoms with Crippen LogP contribution >= 0.6 is 0 Å². The van der Waals surface area contributed by atoms with Gasteiger partial charge < -0.3 is 10.1 Å². The molecule has 0 aromatic carbocycles. The van der Waals surface area contributed by atoms with Crippen LogP contribution in [0.4, 0.5) is 0 Å². The lowest BCUT2D eigenvalue weighted by Crippen LogP contribution is -2.38. The second-order valence-electron chi connectivity index (χ2n) is 5.43. The van der Waals surface area contributed by atoms with E-state index >= 15 is 0 Å². The summed E-state index contributed by atoms with van der Waals surface area (Å²) in [5.41, 5.74) is 0. The maximum Gasteiger partial charge on any atom is 0.175 e. The van der Waals surface area contributed by atoms with E-state index in [4.69, 9.17) is 4.74 Å². The molecule has 1 aliphatic carbocycles. The van der Waals surface area contributed by atoms with Gasteiger partial charge in [0.2, 0.25) is 0 Å². The molecule has 3 nitrogen and oxygen atoms in total. The van der Waals surface area contributed by atoms with Gasteiger partial charge in [0.25, 0.3) is 0 Å². The Hall–Kier alpha value is -0.410. The molecule has 2 aliphatic rings. The van der Waals surface area contributed by atoms with E-state index in [1.54, 1.807) is 0 Å². The molecule has 0 aromatic heterocycles. The zero-order valence-electron chi connectivity index (χ0n) is 10.4. The fourth-order valence-electron chi connectivity index (χ4n) is 2.91. The van der Waals surface area contributed by atoms with Gasteiger partial charge in [-0.05, 0) is 39.0 Å². The topological polar surface area (TPSA) is 38.3 Å². The van der Waals surface area contributed by atoms with Gasteiger partial charge >= 0.3 is 0 Å². The fourth-order valence-corrected chi connectivity index (χ4v) is 2.91. The molecule has 1 saturated carbocycles. The van der Waals surface area contributed by atoms with Gasteiger partial charge in [0.1, 0.15) is 6.61 Å². The van der Waals surface area contributed by atoms with Crippen LogP contribution in [0.1, 0.15) is 46.0 Å². The minimum atomic E-state index is 0.0619. The van der Waals surface area contributed by atoms with Crippen molar-refractivity contribution in [2.75, 3.05) is 6.61 Å². The highest BCUT2D eigenvalue weighted by Crippen LogP contribution is 2.33. The second kappa shape index (κ2) is 5.28. The molecule has 92 valence electrons. The summed E-state index contributed by atoms with van der Waals surface area (Å²) < 4.78 is 5.38. The average Bonchev–Trinajstić information content (AvgIpc) is 2.69. The highest BCUT2D eigenvalue weighted by molar-refractivity contribution is 5.85. The SMILES string of the molecule is CC(C)OCC(=O)C1CC2CCCCC2N1. The Morgan fingerprint density at radius 2 is 2.12 bits per heavy atom. The number of ether oxygens (including phenoxy) is 1. The molecular weight excluding hydrogens is 202 g/mol. The summed E-state index contributed by atoms with van der Waals surface area (Å²) in [7, 11) is 0. The molecular formula is C13H23NO2. The van der Waals surface area contributed by atoms with E-state index in [1.807, 2.05) is 13.8 Å². The van der Waals surface area contributed by atoms with Crippen LogP contribution in [0.3, 0.4) is 0 Å². The molecule has 2 rings (SSSR count). The molecule has 1 heterocycles. The Morgan fingerprint density at radius 3 is 2.81 bits per heavy atom. The van der Waals surface area contributed by atoms with Crippen molar-refractivity contribution in [3.05, 3.63) is 0 Å². The van der Waals surface area contributed by atoms with Gasteiger partial charge in [0, 0.05) is 6.04 Å². The van der Waals surface area contributed by atoms with Gasteiger partial charge in [-0.3, -0.25) is 4.79 Å². The number of rotatable bonds is 4. The van der Waals surface area contributed by atoms with E-state index < -0.39 is 0 Å². The Morgan fingerprint density at radius 1 is 1.38 bits per heavy atom. The van der Waals surface area contributed by atoms with Crippen molar-refractivity contribution in [1.82, 2.24) is 5.32 Å². The largest absolute Gasteiger partial charge is 0.371 e. The van der Waals surface area contributed by atoms with Crippen LogP contribution in [0.5, 0.6) is 0 Å². The fraction of sp³-hybridized carbons (Fsp3) is 0.923. The molecule has 2 fully saturated rings. The normalized spacial score (nSPS) is 34.1. The second-order valence-corrected chi connectivity index (χ2v) is 5.43. The van der Waals surface area contributed by atoms with Crippen LogP contribution in [0.15, 0.2) is 0 Å². The Kier molecular flexibility index (Phi) is 3.98. The Bertz CT molecular complexity index is 238. The summed E-state index contributed by atoms with van der Waals surface area (Å²) in [5.74, 6) is 0.977. The third-order valence-electron chi connectivity index (χ3n) is 3.81. The van der Waals surface area contributed by atoms with Gasteiger partial charge in [0.05, 0.1) is 12.1 Å². The van der Waals surface area contributed by atoms with E-state index in [0.717, 1.165) is 12.3 Å². The first-order valence-corrected chi connectivity index (χ1v) is 6.57. The van der Waals surface area contributed by atoms with E-state index in [0.29, 0.717) is 6.04 Å². The number of hydrogen-bond donors (Lipinski definition) is 1. The number of Topliss-reactive ketones (excluding diaryl/α,β-unsaturated/α-hetero) is 1. The Balaban J connectivity index is 1.80. The summed E-state index contributed by atoms with van der Waals surface area (Å²) in [4.78, 5) is 11.9. The zero-order chi connectivity index (χ0) is 11.5. The molecule has 1 aliphatic heterocycles. The van der Waals surface area contributed by atoms with Crippen LogP contribution in [0, 0.1) is 5.92 Å². The van der Waals surface area contributed by atoms with Crippen LogP contribution in [0.25, 0.3) is 0 Å². The average molecular weight is 225 g/mol. The summed E-state index contributed by atoms with van der Waals surface area (Å²) in [5, 5.41) is 3.49. The van der Waals surface area contributed by atoms with E-state index in [2.05, 4.69) is 5.32 Å². The highest BCUT2D eigenvalue weighted by Gasteiger charge is 2.37. The lowest BCUT2D eigenvalue weighted by atomic mass is 9.85. The standard InChI is InChI=1S/C13H23NO2/c1-9(2)16-8-13(15)12-7-10-5-3-4-6-11(10)14-12/h9-12,14H,3-8H2,1-2H3. The van der Waals surface area contributed by atoms with Crippen molar-refractivity contribution in [2.45, 2.75) is 64.1 Å². The monoisotopic (exact) mass is 225 g/mol. The van der Waals surface area contributed by atoms with Crippen molar-refractivity contribution in [3.8, 4) is 0 Å². The van der Waals surface area contributed by atoms with Crippen molar-refractivity contribution in [2.24, 2.45) is 5.92 Å². The van der Waals surface area contributed by atoms with Gasteiger partial charge in [0.15, 0.2) is 5.78 Å². The van der Waals surface area contributed by atoms with Gasteiger partial charge in [-0.25, -0.2) is 0 Å². The zero-order valence-corrected chi connectivity index (χ0v) is 10.4. The van der Waals surface area contributed by atoms with Crippen molar-refractivity contribution in [3.63, 3.8) is 0 Å². The van der Waals surface area contributed by atoms with E-state index in [9.17, 15) is 4.79 Å². The molecule has 0 amide bonds. The summed E-state index contributed by atoms with van der Waals surface area (Å²) in [6, 6.07) is 0.661. The minimum absolute atomic E-state index is 0.0619. The molecule has 0 bridgehead atoms. The maximum absolute atomic E-state index is 11.9. The van der Waals surface area contributed by atoms with Crippen LogP contribution in [0.2, 0.25) is 0 Å². The molecule has 0 spiro atoms. The molecule has 16 heavy (non-hydrogen) atoms. The van der Waals surface area contributed by atoms with Crippen molar-refractivity contribution >= 4 is 5.78 Å². The number of ketones is 1.